The minimum absolute atomic E-state index is 0.0410. The summed E-state index contributed by atoms with van der Waals surface area (Å²) in [4.78, 5) is 6.17. The van der Waals surface area contributed by atoms with Crippen LogP contribution in [0.5, 0.6) is 0 Å². The molecule has 7 heteroatoms. The predicted octanol–water partition coefficient (Wildman–Crippen LogP) is 0.674. The maximum Gasteiger partial charge on any atom is 0.244 e. The third kappa shape index (κ3) is 3.91. The minimum atomic E-state index is -3.55. The van der Waals surface area contributed by atoms with E-state index >= 15 is 0 Å². The van der Waals surface area contributed by atoms with Crippen LogP contribution < -0.4 is 10.5 Å². The molecule has 0 radical (unpaired) electrons. The van der Waals surface area contributed by atoms with E-state index in [1.165, 1.54) is 12.3 Å². The molecule has 0 atom stereocenters. The molecule has 2 rings (SSSR count). The molecule has 6 nitrogen and oxygen atoms in total. The van der Waals surface area contributed by atoms with Gasteiger partial charge in [-0.3, -0.25) is 0 Å². The summed E-state index contributed by atoms with van der Waals surface area (Å²) in [6.45, 7) is 2.63. The molecule has 0 bridgehead atoms. The van der Waals surface area contributed by atoms with Crippen LogP contribution in [-0.2, 0) is 10.0 Å². The van der Waals surface area contributed by atoms with Crippen LogP contribution in [0, 0.1) is 5.92 Å². The van der Waals surface area contributed by atoms with Crippen molar-refractivity contribution in [1.29, 1.82) is 0 Å². The van der Waals surface area contributed by atoms with Gasteiger partial charge in [0.15, 0.2) is 0 Å². The van der Waals surface area contributed by atoms with Crippen LogP contribution in [0.15, 0.2) is 23.2 Å². The van der Waals surface area contributed by atoms with Crippen LogP contribution in [-0.4, -0.2) is 45.0 Å². The number of nitrogens with one attached hydrogen (secondary N) is 1. The number of nitrogen functional groups attached to an aromatic ring is 1. The zero-order valence-corrected chi connectivity index (χ0v) is 12.6. The summed E-state index contributed by atoms with van der Waals surface area (Å²) in [5.41, 5.74) is 5.60. The molecule has 0 unspecified atom stereocenters. The van der Waals surface area contributed by atoms with Gasteiger partial charge in [-0.05, 0) is 57.5 Å². The van der Waals surface area contributed by atoms with Gasteiger partial charge in [-0.15, -0.1) is 0 Å². The van der Waals surface area contributed by atoms with E-state index in [9.17, 15) is 8.42 Å². The van der Waals surface area contributed by atoms with Crippen molar-refractivity contribution in [3.63, 3.8) is 0 Å². The van der Waals surface area contributed by atoms with E-state index < -0.39 is 10.0 Å². The molecule has 0 aliphatic carbocycles. The predicted molar refractivity (Wildman–Crippen MR) is 78.7 cm³/mol. The molecule has 1 aliphatic rings. The lowest BCUT2D eigenvalue weighted by Crippen LogP contribution is -2.33. The molecule has 0 amide bonds. The molecule has 0 aromatic carbocycles. The summed E-state index contributed by atoms with van der Waals surface area (Å²) in [6, 6.07) is 3.04. The zero-order valence-electron chi connectivity index (χ0n) is 11.7. The van der Waals surface area contributed by atoms with Crippen LogP contribution in [0.4, 0.5) is 5.82 Å². The summed E-state index contributed by atoms with van der Waals surface area (Å²) in [5.74, 6) is 0.638. The van der Waals surface area contributed by atoms with E-state index in [0.717, 1.165) is 32.4 Å². The van der Waals surface area contributed by atoms with Gasteiger partial charge in [0, 0.05) is 12.7 Å². The van der Waals surface area contributed by atoms with Crippen LogP contribution >= 0.6 is 0 Å². The molecule has 112 valence electrons. The number of anilines is 1. The number of pyridine rings is 1. The normalized spacial score (nSPS) is 18.2. The van der Waals surface area contributed by atoms with E-state index in [2.05, 4.69) is 21.7 Å². The Morgan fingerprint density at radius 1 is 1.45 bits per heavy atom. The molecule has 0 spiro atoms. The standard InChI is InChI=1S/C13H22N4O2S/c1-17-9-5-11(6-10-17)4-8-16-20(18,19)12-3-2-7-15-13(12)14/h2-3,7,11,16H,4-6,8-10H2,1H3,(H2,14,15). The van der Waals surface area contributed by atoms with E-state index in [0.29, 0.717) is 12.5 Å². The van der Waals surface area contributed by atoms with Crippen molar-refractivity contribution in [3.8, 4) is 0 Å². The van der Waals surface area contributed by atoms with Crippen LogP contribution in [0.3, 0.4) is 0 Å². The molecule has 0 saturated carbocycles. The molecule has 1 fully saturated rings. The molecule has 2 heterocycles. The number of aromatic nitrogens is 1. The first-order valence-electron chi connectivity index (χ1n) is 6.88. The Balaban J connectivity index is 1.86. The zero-order chi connectivity index (χ0) is 14.6. The Kier molecular flexibility index (Phi) is 4.95. The van der Waals surface area contributed by atoms with Crippen LogP contribution in [0.2, 0.25) is 0 Å². The molecule has 3 N–H and O–H groups in total. The smallest absolute Gasteiger partial charge is 0.244 e. The molecular formula is C13H22N4O2S. The van der Waals surface area contributed by atoms with Gasteiger partial charge in [-0.1, -0.05) is 0 Å². The van der Waals surface area contributed by atoms with Crippen molar-refractivity contribution >= 4 is 15.8 Å². The highest BCUT2D eigenvalue weighted by atomic mass is 32.2. The Hall–Kier alpha value is -1.18. The molecule has 1 aromatic heterocycles. The molecule has 20 heavy (non-hydrogen) atoms. The fourth-order valence-electron chi connectivity index (χ4n) is 2.46. The second kappa shape index (κ2) is 6.51. The number of nitrogens with two attached hydrogens (primary N) is 1. The number of sulfonamides is 1. The number of rotatable bonds is 5. The highest BCUT2D eigenvalue weighted by Crippen LogP contribution is 2.19. The van der Waals surface area contributed by atoms with Crippen molar-refractivity contribution in [2.75, 3.05) is 32.4 Å². The lowest BCUT2D eigenvalue weighted by atomic mass is 9.94. The van der Waals surface area contributed by atoms with Crippen LogP contribution in [0.25, 0.3) is 0 Å². The largest absolute Gasteiger partial charge is 0.383 e. The first kappa shape index (κ1) is 15.2. The van der Waals surface area contributed by atoms with Gasteiger partial charge in [0.1, 0.15) is 10.7 Å². The quantitative estimate of drug-likeness (QED) is 0.834. The Labute approximate surface area is 120 Å². The Morgan fingerprint density at radius 3 is 2.80 bits per heavy atom. The fraction of sp³-hybridized carbons (Fsp3) is 0.615. The number of piperidine rings is 1. The van der Waals surface area contributed by atoms with E-state index in [4.69, 9.17) is 5.73 Å². The SMILES string of the molecule is CN1CCC(CCNS(=O)(=O)c2cccnc2N)CC1. The van der Waals surface area contributed by atoms with Gasteiger partial charge in [-0.2, -0.15) is 0 Å². The van der Waals surface area contributed by atoms with Crippen molar-refractivity contribution in [3.05, 3.63) is 18.3 Å². The van der Waals surface area contributed by atoms with Gasteiger partial charge in [0.2, 0.25) is 10.0 Å². The monoisotopic (exact) mass is 298 g/mol. The summed E-state index contributed by atoms with van der Waals surface area (Å²) >= 11 is 0. The fourth-order valence-corrected chi connectivity index (χ4v) is 3.58. The van der Waals surface area contributed by atoms with Gasteiger partial charge >= 0.3 is 0 Å². The van der Waals surface area contributed by atoms with Gasteiger partial charge in [0.05, 0.1) is 0 Å². The summed E-state index contributed by atoms with van der Waals surface area (Å²) in [7, 11) is -1.44. The minimum Gasteiger partial charge on any atom is -0.383 e. The van der Waals surface area contributed by atoms with Gasteiger partial charge in [-0.25, -0.2) is 18.1 Å². The lowest BCUT2D eigenvalue weighted by Gasteiger charge is -2.28. The van der Waals surface area contributed by atoms with E-state index in [1.54, 1.807) is 6.07 Å². The number of likely N-dealkylation sites (tertiary alicyclic amines) is 1. The van der Waals surface area contributed by atoms with Gasteiger partial charge in [0.25, 0.3) is 0 Å². The first-order valence-corrected chi connectivity index (χ1v) is 8.36. The second-order valence-electron chi connectivity index (χ2n) is 5.32. The topological polar surface area (TPSA) is 88.3 Å². The Bertz CT molecular complexity index is 539. The highest BCUT2D eigenvalue weighted by Gasteiger charge is 2.20. The maximum absolute atomic E-state index is 12.1. The molecule has 1 aliphatic heterocycles. The molecule has 1 aromatic rings. The van der Waals surface area contributed by atoms with E-state index in [-0.39, 0.29) is 10.7 Å². The van der Waals surface area contributed by atoms with Crippen molar-refractivity contribution in [2.45, 2.75) is 24.2 Å². The van der Waals surface area contributed by atoms with Crippen molar-refractivity contribution in [2.24, 2.45) is 5.92 Å². The summed E-state index contributed by atoms with van der Waals surface area (Å²) < 4.78 is 26.8. The maximum atomic E-state index is 12.1. The van der Waals surface area contributed by atoms with Crippen molar-refractivity contribution in [1.82, 2.24) is 14.6 Å². The molecular weight excluding hydrogens is 276 g/mol. The number of hydrogen-bond donors (Lipinski definition) is 2. The average molecular weight is 298 g/mol. The van der Waals surface area contributed by atoms with Crippen LogP contribution in [0.1, 0.15) is 19.3 Å². The highest BCUT2D eigenvalue weighted by molar-refractivity contribution is 7.89. The summed E-state index contributed by atoms with van der Waals surface area (Å²) in [6.07, 6.45) is 4.61. The first-order chi connectivity index (χ1) is 9.49. The Morgan fingerprint density at radius 2 is 2.15 bits per heavy atom. The third-order valence-corrected chi connectivity index (χ3v) is 5.28. The number of nitrogens with zero attached hydrogens (tertiary/aromatic N) is 2. The molecule has 1 saturated heterocycles. The summed E-state index contributed by atoms with van der Waals surface area (Å²) in [5, 5.41) is 0. The third-order valence-electron chi connectivity index (χ3n) is 3.77. The van der Waals surface area contributed by atoms with E-state index in [1.807, 2.05) is 0 Å². The number of hydrogen-bond acceptors (Lipinski definition) is 5. The average Bonchev–Trinajstić information content (AvgIpc) is 2.41. The van der Waals surface area contributed by atoms with Crippen molar-refractivity contribution < 1.29 is 8.42 Å². The lowest BCUT2D eigenvalue weighted by molar-refractivity contribution is 0.213. The van der Waals surface area contributed by atoms with Gasteiger partial charge < -0.3 is 10.6 Å². The second-order valence-corrected chi connectivity index (χ2v) is 7.06.